The monoisotopic (exact) mass is 285 g/mol. The molecule has 0 spiro atoms. The summed E-state index contributed by atoms with van der Waals surface area (Å²) in [4.78, 5) is 23.3. The molecule has 0 aliphatic rings. The number of hydrogen-bond donors (Lipinski definition) is 2. The Morgan fingerprint density at radius 2 is 1.81 bits per heavy atom. The topological polar surface area (TPSA) is 75.6 Å². The van der Waals surface area contributed by atoms with E-state index in [0.29, 0.717) is 12.3 Å². The van der Waals surface area contributed by atoms with Gasteiger partial charge in [-0.3, -0.25) is 4.79 Å². The first-order chi connectivity index (χ1) is 10.1. The van der Waals surface area contributed by atoms with Crippen molar-refractivity contribution >= 4 is 17.6 Å². The Hall–Kier alpha value is -2.66. The van der Waals surface area contributed by atoms with E-state index in [9.17, 15) is 9.59 Å². The van der Waals surface area contributed by atoms with E-state index in [0.717, 1.165) is 5.56 Å². The molecule has 0 aromatic heterocycles. The number of carbonyl (C=O) groups is 2. The number of amides is 1. The van der Waals surface area contributed by atoms with E-state index in [1.165, 1.54) is 12.1 Å². The van der Waals surface area contributed by atoms with Gasteiger partial charge in [0.25, 0.3) is 5.91 Å². The standard InChI is InChI=1S/C16H15NO4/c1-21-10-11-5-4-6-12(9-11)17-15(18)13-7-2-3-8-14(13)16(19)20/h2-9H,10H2,1H3,(H,17,18)(H,19,20). The summed E-state index contributed by atoms with van der Waals surface area (Å²) in [6.07, 6.45) is 0. The third-order valence-corrected chi connectivity index (χ3v) is 2.90. The van der Waals surface area contributed by atoms with Gasteiger partial charge in [-0.2, -0.15) is 0 Å². The Bertz CT molecular complexity index is 667. The molecule has 5 heteroatoms. The van der Waals surface area contributed by atoms with Crippen LogP contribution in [0.25, 0.3) is 0 Å². The van der Waals surface area contributed by atoms with E-state index < -0.39 is 11.9 Å². The van der Waals surface area contributed by atoms with Gasteiger partial charge in [-0.05, 0) is 29.8 Å². The highest BCUT2D eigenvalue weighted by molar-refractivity contribution is 6.10. The fourth-order valence-corrected chi connectivity index (χ4v) is 1.97. The first kappa shape index (κ1) is 14.7. The first-order valence-corrected chi connectivity index (χ1v) is 6.33. The lowest BCUT2D eigenvalue weighted by molar-refractivity contribution is 0.0692. The number of carboxylic acid groups (broad SMARTS) is 1. The van der Waals surface area contributed by atoms with Crippen molar-refractivity contribution in [3.05, 3.63) is 65.2 Å². The van der Waals surface area contributed by atoms with E-state index in [-0.39, 0.29) is 11.1 Å². The van der Waals surface area contributed by atoms with Gasteiger partial charge in [0.05, 0.1) is 17.7 Å². The van der Waals surface area contributed by atoms with E-state index in [4.69, 9.17) is 9.84 Å². The molecule has 0 radical (unpaired) electrons. The van der Waals surface area contributed by atoms with Crippen LogP contribution in [0.3, 0.4) is 0 Å². The van der Waals surface area contributed by atoms with Gasteiger partial charge in [-0.15, -0.1) is 0 Å². The molecule has 2 rings (SSSR count). The van der Waals surface area contributed by atoms with Crippen molar-refractivity contribution in [3.8, 4) is 0 Å². The highest BCUT2D eigenvalue weighted by atomic mass is 16.5. The van der Waals surface area contributed by atoms with Gasteiger partial charge in [0.1, 0.15) is 0 Å². The highest BCUT2D eigenvalue weighted by Gasteiger charge is 2.15. The lowest BCUT2D eigenvalue weighted by Crippen LogP contribution is -2.16. The summed E-state index contributed by atoms with van der Waals surface area (Å²) in [5.74, 6) is -1.59. The van der Waals surface area contributed by atoms with Crippen LogP contribution in [0.15, 0.2) is 48.5 Å². The largest absolute Gasteiger partial charge is 0.478 e. The smallest absolute Gasteiger partial charge is 0.336 e. The molecule has 108 valence electrons. The molecule has 0 fully saturated rings. The SMILES string of the molecule is COCc1cccc(NC(=O)c2ccccc2C(=O)O)c1. The highest BCUT2D eigenvalue weighted by Crippen LogP contribution is 2.15. The summed E-state index contributed by atoms with van der Waals surface area (Å²) < 4.78 is 5.03. The molecule has 5 nitrogen and oxygen atoms in total. The van der Waals surface area contributed by atoms with Crippen molar-refractivity contribution in [3.63, 3.8) is 0 Å². The van der Waals surface area contributed by atoms with Crippen molar-refractivity contribution < 1.29 is 19.4 Å². The number of carbonyl (C=O) groups excluding carboxylic acids is 1. The van der Waals surface area contributed by atoms with Crippen LogP contribution in [-0.2, 0) is 11.3 Å². The number of methoxy groups -OCH3 is 1. The predicted molar refractivity (Wildman–Crippen MR) is 78.5 cm³/mol. The molecule has 21 heavy (non-hydrogen) atoms. The predicted octanol–water partition coefficient (Wildman–Crippen LogP) is 2.78. The molecule has 0 saturated heterocycles. The van der Waals surface area contributed by atoms with Crippen molar-refractivity contribution in [2.45, 2.75) is 6.61 Å². The minimum absolute atomic E-state index is 0.0250. The van der Waals surface area contributed by atoms with Gasteiger partial charge in [0.2, 0.25) is 0 Å². The van der Waals surface area contributed by atoms with Crippen LogP contribution < -0.4 is 5.32 Å². The summed E-state index contributed by atoms with van der Waals surface area (Å²) in [7, 11) is 1.59. The van der Waals surface area contributed by atoms with Gasteiger partial charge < -0.3 is 15.2 Å². The van der Waals surface area contributed by atoms with Crippen LogP contribution >= 0.6 is 0 Å². The maximum Gasteiger partial charge on any atom is 0.336 e. The second kappa shape index (κ2) is 6.67. The van der Waals surface area contributed by atoms with E-state index >= 15 is 0 Å². The van der Waals surface area contributed by atoms with Crippen LogP contribution in [-0.4, -0.2) is 24.1 Å². The van der Waals surface area contributed by atoms with E-state index in [1.807, 2.05) is 6.07 Å². The molecule has 1 amide bonds. The van der Waals surface area contributed by atoms with Gasteiger partial charge in [-0.1, -0.05) is 24.3 Å². The van der Waals surface area contributed by atoms with Crippen molar-refractivity contribution in [1.82, 2.24) is 0 Å². The number of benzene rings is 2. The second-order valence-corrected chi connectivity index (χ2v) is 4.44. The molecular weight excluding hydrogens is 270 g/mol. The molecule has 0 atom stereocenters. The number of ether oxygens (including phenoxy) is 1. The van der Waals surface area contributed by atoms with Crippen LogP contribution in [0, 0.1) is 0 Å². The summed E-state index contributed by atoms with van der Waals surface area (Å²) in [6, 6.07) is 13.3. The Balaban J connectivity index is 2.22. The first-order valence-electron chi connectivity index (χ1n) is 6.33. The number of rotatable bonds is 5. The average Bonchev–Trinajstić information content (AvgIpc) is 2.48. The van der Waals surface area contributed by atoms with Gasteiger partial charge in [-0.25, -0.2) is 4.79 Å². The molecule has 0 bridgehead atoms. The summed E-state index contributed by atoms with van der Waals surface area (Å²) in [5.41, 5.74) is 1.61. The maximum absolute atomic E-state index is 12.2. The molecule has 0 saturated carbocycles. The van der Waals surface area contributed by atoms with Crippen molar-refractivity contribution in [1.29, 1.82) is 0 Å². The minimum atomic E-state index is -1.13. The summed E-state index contributed by atoms with van der Waals surface area (Å²) >= 11 is 0. The molecular formula is C16H15NO4. The van der Waals surface area contributed by atoms with E-state index in [2.05, 4.69) is 5.32 Å². The third-order valence-electron chi connectivity index (χ3n) is 2.90. The lowest BCUT2D eigenvalue weighted by Gasteiger charge is -2.09. The second-order valence-electron chi connectivity index (χ2n) is 4.44. The third kappa shape index (κ3) is 3.67. The van der Waals surface area contributed by atoms with Gasteiger partial charge in [0.15, 0.2) is 0 Å². The number of carboxylic acids is 1. The molecule has 0 unspecified atom stereocenters. The Kier molecular flexibility index (Phi) is 4.68. The lowest BCUT2D eigenvalue weighted by atomic mass is 10.1. The zero-order chi connectivity index (χ0) is 15.2. The number of nitrogens with one attached hydrogen (secondary N) is 1. The van der Waals surface area contributed by atoms with Crippen LogP contribution in [0.4, 0.5) is 5.69 Å². The fourth-order valence-electron chi connectivity index (χ4n) is 1.97. The quantitative estimate of drug-likeness (QED) is 0.885. The summed E-state index contributed by atoms with van der Waals surface area (Å²) in [6.45, 7) is 0.440. The van der Waals surface area contributed by atoms with Crippen LogP contribution in [0.5, 0.6) is 0 Å². The maximum atomic E-state index is 12.2. The molecule has 2 aromatic carbocycles. The van der Waals surface area contributed by atoms with E-state index in [1.54, 1.807) is 37.4 Å². The van der Waals surface area contributed by atoms with Crippen molar-refractivity contribution in [2.75, 3.05) is 12.4 Å². The minimum Gasteiger partial charge on any atom is -0.478 e. The Morgan fingerprint density at radius 3 is 2.48 bits per heavy atom. The van der Waals surface area contributed by atoms with Crippen LogP contribution in [0.2, 0.25) is 0 Å². The van der Waals surface area contributed by atoms with Gasteiger partial charge in [0, 0.05) is 12.8 Å². The normalized spacial score (nSPS) is 10.1. The molecule has 2 N–H and O–H groups in total. The van der Waals surface area contributed by atoms with Crippen LogP contribution in [0.1, 0.15) is 26.3 Å². The van der Waals surface area contributed by atoms with Gasteiger partial charge >= 0.3 is 5.97 Å². The zero-order valence-electron chi connectivity index (χ0n) is 11.5. The van der Waals surface area contributed by atoms with Crippen molar-refractivity contribution in [2.24, 2.45) is 0 Å². The fraction of sp³-hybridized carbons (Fsp3) is 0.125. The molecule has 0 aliphatic carbocycles. The number of anilines is 1. The molecule has 2 aromatic rings. The number of aromatic carboxylic acids is 1. The molecule has 0 heterocycles. The summed E-state index contributed by atoms with van der Waals surface area (Å²) in [5, 5.41) is 11.8. The Morgan fingerprint density at radius 1 is 1.10 bits per heavy atom. The Labute approximate surface area is 122 Å². The average molecular weight is 285 g/mol. The zero-order valence-corrected chi connectivity index (χ0v) is 11.5. The molecule has 0 aliphatic heterocycles. The number of hydrogen-bond acceptors (Lipinski definition) is 3.